The molecule has 1 atom stereocenters. The third-order valence-corrected chi connectivity index (χ3v) is 2.82. The Morgan fingerprint density at radius 2 is 2.21 bits per heavy atom. The number of rotatable bonds is 4. The summed E-state index contributed by atoms with van der Waals surface area (Å²) in [6.45, 7) is 2.26. The van der Waals surface area contributed by atoms with E-state index < -0.39 is 0 Å². The van der Waals surface area contributed by atoms with Crippen molar-refractivity contribution in [2.45, 2.75) is 13.0 Å². The summed E-state index contributed by atoms with van der Waals surface area (Å²) in [4.78, 5) is 4.25. The van der Waals surface area contributed by atoms with E-state index in [-0.39, 0.29) is 6.10 Å². The van der Waals surface area contributed by atoms with Crippen molar-refractivity contribution in [3.8, 4) is 11.8 Å². The molecule has 2 aromatic rings. The first kappa shape index (κ1) is 13.1. The molecular formula is C15H15N3O. The van der Waals surface area contributed by atoms with Gasteiger partial charge in [-0.15, -0.1) is 0 Å². The van der Waals surface area contributed by atoms with E-state index in [4.69, 9.17) is 15.7 Å². The molecule has 96 valence electrons. The zero-order chi connectivity index (χ0) is 13.7. The smallest absolute Gasteiger partial charge is 0.153 e. The molecule has 1 unspecified atom stereocenters. The molecule has 0 aliphatic carbocycles. The summed E-state index contributed by atoms with van der Waals surface area (Å²) in [6.07, 6.45) is 1.40. The van der Waals surface area contributed by atoms with Gasteiger partial charge in [0.1, 0.15) is 5.75 Å². The zero-order valence-electron chi connectivity index (χ0n) is 10.7. The van der Waals surface area contributed by atoms with Gasteiger partial charge in [0.15, 0.2) is 6.10 Å². The van der Waals surface area contributed by atoms with Crippen LogP contribution < -0.4 is 10.5 Å². The van der Waals surface area contributed by atoms with Crippen molar-refractivity contribution in [1.29, 1.82) is 5.26 Å². The molecule has 1 heterocycles. The highest BCUT2D eigenvalue weighted by atomic mass is 16.5. The Morgan fingerprint density at radius 1 is 1.37 bits per heavy atom. The molecule has 2 N–H and O–H groups in total. The van der Waals surface area contributed by atoms with Crippen LogP contribution in [0.3, 0.4) is 0 Å². The summed E-state index contributed by atoms with van der Waals surface area (Å²) in [5.41, 5.74) is 8.06. The van der Waals surface area contributed by atoms with Crippen LogP contribution in [0.5, 0.6) is 5.75 Å². The van der Waals surface area contributed by atoms with E-state index in [9.17, 15) is 0 Å². The number of hydrogen-bond acceptors (Lipinski definition) is 4. The van der Waals surface area contributed by atoms with Gasteiger partial charge in [-0.25, -0.2) is 0 Å². The molecular weight excluding hydrogens is 238 g/mol. The number of nitrogens with zero attached hydrogens (tertiary/aromatic N) is 2. The van der Waals surface area contributed by atoms with Crippen LogP contribution >= 0.6 is 0 Å². The number of aromatic nitrogens is 1. The molecule has 0 saturated heterocycles. The van der Waals surface area contributed by atoms with Gasteiger partial charge in [0, 0.05) is 12.7 Å². The first-order chi connectivity index (χ1) is 9.24. The van der Waals surface area contributed by atoms with Crippen molar-refractivity contribution in [3.63, 3.8) is 0 Å². The minimum atomic E-state index is -0.311. The number of benzene rings is 1. The van der Waals surface area contributed by atoms with Crippen molar-refractivity contribution in [1.82, 2.24) is 4.98 Å². The standard InChI is InChI=1S/C15H15N3O/c1-11-5-6-12(9-16)8-14(11)19-15(10-17)13-4-2-3-7-18-13/h2-8,15H,10,17H2,1H3. The summed E-state index contributed by atoms with van der Waals surface area (Å²) < 4.78 is 5.88. The molecule has 0 spiro atoms. The minimum Gasteiger partial charge on any atom is -0.482 e. The Morgan fingerprint density at radius 3 is 2.84 bits per heavy atom. The highest BCUT2D eigenvalue weighted by Gasteiger charge is 2.14. The molecule has 0 aliphatic heterocycles. The van der Waals surface area contributed by atoms with Gasteiger partial charge in [-0.3, -0.25) is 4.98 Å². The maximum Gasteiger partial charge on any atom is 0.153 e. The van der Waals surface area contributed by atoms with Gasteiger partial charge in [-0.05, 0) is 36.8 Å². The SMILES string of the molecule is Cc1ccc(C#N)cc1OC(CN)c1ccccn1. The first-order valence-electron chi connectivity index (χ1n) is 6.03. The first-order valence-corrected chi connectivity index (χ1v) is 6.03. The molecule has 0 radical (unpaired) electrons. The summed E-state index contributed by atoms with van der Waals surface area (Å²) in [6, 6.07) is 13.1. The lowest BCUT2D eigenvalue weighted by Crippen LogP contribution is -2.19. The average molecular weight is 253 g/mol. The third-order valence-electron chi connectivity index (χ3n) is 2.82. The van der Waals surface area contributed by atoms with Crippen LogP contribution in [0.2, 0.25) is 0 Å². The Balaban J connectivity index is 2.26. The Kier molecular flexibility index (Phi) is 4.11. The van der Waals surface area contributed by atoms with Gasteiger partial charge in [-0.1, -0.05) is 12.1 Å². The van der Waals surface area contributed by atoms with Gasteiger partial charge >= 0.3 is 0 Å². The van der Waals surface area contributed by atoms with Crippen LogP contribution in [-0.2, 0) is 0 Å². The van der Waals surface area contributed by atoms with Crippen molar-refractivity contribution in [3.05, 3.63) is 59.4 Å². The quantitative estimate of drug-likeness (QED) is 0.907. The second-order valence-electron chi connectivity index (χ2n) is 4.19. The summed E-state index contributed by atoms with van der Waals surface area (Å²) in [7, 11) is 0. The van der Waals surface area contributed by atoms with Crippen LogP contribution in [0.1, 0.15) is 22.9 Å². The van der Waals surface area contributed by atoms with Crippen molar-refractivity contribution in [2.75, 3.05) is 6.54 Å². The van der Waals surface area contributed by atoms with Gasteiger partial charge in [0.2, 0.25) is 0 Å². The summed E-state index contributed by atoms with van der Waals surface area (Å²) >= 11 is 0. The number of nitriles is 1. The predicted molar refractivity (Wildman–Crippen MR) is 72.6 cm³/mol. The molecule has 0 saturated carbocycles. The van der Waals surface area contributed by atoms with E-state index in [1.165, 1.54) is 0 Å². The molecule has 0 fully saturated rings. The number of hydrogen-bond donors (Lipinski definition) is 1. The van der Waals surface area contributed by atoms with E-state index in [1.54, 1.807) is 18.3 Å². The van der Waals surface area contributed by atoms with E-state index in [0.29, 0.717) is 17.9 Å². The van der Waals surface area contributed by atoms with Crippen LogP contribution in [-0.4, -0.2) is 11.5 Å². The highest BCUT2D eigenvalue weighted by molar-refractivity contribution is 5.42. The van der Waals surface area contributed by atoms with E-state index in [1.807, 2.05) is 31.2 Å². The molecule has 4 heteroatoms. The minimum absolute atomic E-state index is 0.311. The fourth-order valence-corrected chi connectivity index (χ4v) is 1.75. The molecule has 0 amide bonds. The Bertz CT molecular complexity index is 590. The fraction of sp³-hybridized carbons (Fsp3) is 0.200. The van der Waals surface area contributed by atoms with Gasteiger partial charge in [0.05, 0.1) is 17.3 Å². The van der Waals surface area contributed by atoms with Gasteiger partial charge in [-0.2, -0.15) is 5.26 Å². The second kappa shape index (κ2) is 5.98. The summed E-state index contributed by atoms with van der Waals surface area (Å²) in [5, 5.41) is 8.92. The van der Waals surface area contributed by atoms with E-state index in [2.05, 4.69) is 11.1 Å². The van der Waals surface area contributed by atoms with Gasteiger partial charge in [0.25, 0.3) is 0 Å². The van der Waals surface area contributed by atoms with Gasteiger partial charge < -0.3 is 10.5 Å². The molecule has 1 aromatic carbocycles. The van der Waals surface area contributed by atoms with Crippen LogP contribution in [0.4, 0.5) is 0 Å². The normalized spacial score (nSPS) is 11.6. The van der Waals surface area contributed by atoms with Crippen LogP contribution in [0.25, 0.3) is 0 Å². The van der Waals surface area contributed by atoms with Crippen LogP contribution in [0.15, 0.2) is 42.6 Å². The maximum absolute atomic E-state index is 8.92. The lowest BCUT2D eigenvalue weighted by molar-refractivity contribution is 0.208. The average Bonchev–Trinajstić information content (AvgIpc) is 2.47. The van der Waals surface area contributed by atoms with Crippen molar-refractivity contribution in [2.24, 2.45) is 5.73 Å². The predicted octanol–water partition coefficient (Wildman–Crippen LogP) is 2.34. The number of aryl methyl sites for hydroxylation is 1. The second-order valence-corrected chi connectivity index (χ2v) is 4.19. The third kappa shape index (κ3) is 3.09. The van der Waals surface area contributed by atoms with Crippen molar-refractivity contribution >= 4 is 0 Å². The lowest BCUT2D eigenvalue weighted by Gasteiger charge is -2.18. The largest absolute Gasteiger partial charge is 0.482 e. The Labute approximate surface area is 112 Å². The molecule has 2 rings (SSSR count). The molecule has 0 aliphatic rings. The highest BCUT2D eigenvalue weighted by Crippen LogP contribution is 2.24. The molecule has 0 bridgehead atoms. The maximum atomic E-state index is 8.92. The number of nitrogens with two attached hydrogens (primary N) is 1. The van der Waals surface area contributed by atoms with Crippen LogP contribution in [0, 0.1) is 18.3 Å². The molecule has 4 nitrogen and oxygen atoms in total. The van der Waals surface area contributed by atoms with Crippen molar-refractivity contribution < 1.29 is 4.74 Å². The zero-order valence-corrected chi connectivity index (χ0v) is 10.7. The summed E-state index contributed by atoms with van der Waals surface area (Å²) in [5.74, 6) is 0.667. The van der Waals surface area contributed by atoms with E-state index in [0.717, 1.165) is 11.3 Å². The number of ether oxygens (including phenoxy) is 1. The monoisotopic (exact) mass is 253 g/mol. The van der Waals surface area contributed by atoms with E-state index >= 15 is 0 Å². The fourth-order valence-electron chi connectivity index (χ4n) is 1.75. The number of pyridine rings is 1. The Hall–Kier alpha value is -2.38. The topological polar surface area (TPSA) is 71.9 Å². The lowest BCUT2D eigenvalue weighted by atomic mass is 10.1. The molecule has 19 heavy (non-hydrogen) atoms. The molecule has 1 aromatic heterocycles.